The summed E-state index contributed by atoms with van der Waals surface area (Å²) in [6.07, 6.45) is 1.63. The Labute approximate surface area is 139 Å². The zero-order valence-electron chi connectivity index (χ0n) is 13.4. The van der Waals surface area contributed by atoms with Crippen LogP contribution in [0.4, 0.5) is 14.5 Å². The summed E-state index contributed by atoms with van der Waals surface area (Å²) < 4.78 is 32.1. The molecule has 1 aliphatic rings. The van der Waals surface area contributed by atoms with Crippen molar-refractivity contribution < 1.29 is 13.5 Å². The van der Waals surface area contributed by atoms with Crippen molar-refractivity contribution in [3.8, 4) is 5.75 Å². The number of hydrogen-bond donors (Lipinski definition) is 2. The predicted octanol–water partition coefficient (Wildman–Crippen LogP) is 3.43. The molecule has 0 radical (unpaired) electrons. The number of aliphatic imine (C=N–C) groups is 1. The monoisotopic (exact) mass is 331 g/mol. The molecule has 3 rings (SSSR count). The highest BCUT2D eigenvalue weighted by molar-refractivity contribution is 5.92. The van der Waals surface area contributed by atoms with Gasteiger partial charge in [-0.05, 0) is 48.7 Å². The van der Waals surface area contributed by atoms with E-state index in [0.717, 1.165) is 30.3 Å². The molecule has 2 aromatic carbocycles. The molecular formula is C18H19F2N3O. The van der Waals surface area contributed by atoms with E-state index in [9.17, 15) is 8.78 Å². The molecule has 0 atom stereocenters. The molecule has 126 valence electrons. The molecule has 24 heavy (non-hydrogen) atoms. The summed E-state index contributed by atoms with van der Waals surface area (Å²) in [7, 11) is 1.60. The summed E-state index contributed by atoms with van der Waals surface area (Å²) in [6.45, 7) is 0.366. The second-order valence-electron chi connectivity index (χ2n) is 5.96. The van der Waals surface area contributed by atoms with Gasteiger partial charge < -0.3 is 15.8 Å². The zero-order chi connectivity index (χ0) is 17.2. The number of nitrogens with zero attached hydrogens (tertiary/aromatic N) is 1. The summed E-state index contributed by atoms with van der Waals surface area (Å²) in [5.74, 6) is -0.0886. The van der Waals surface area contributed by atoms with Gasteiger partial charge >= 0.3 is 0 Å². The van der Waals surface area contributed by atoms with Gasteiger partial charge in [0.15, 0.2) is 5.96 Å². The molecule has 0 saturated heterocycles. The maximum absolute atomic E-state index is 14.0. The quantitative estimate of drug-likeness (QED) is 0.652. The van der Waals surface area contributed by atoms with Crippen LogP contribution in [0.5, 0.6) is 5.75 Å². The van der Waals surface area contributed by atoms with Gasteiger partial charge in [0.05, 0.1) is 13.7 Å². The van der Waals surface area contributed by atoms with Gasteiger partial charge in [-0.1, -0.05) is 6.07 Å². The van der Waals surface area contributed by atoms with Gasteiger partial charge in [-0.25, -0.2) is 8.78 Å². The number of hydrogen-bond acceptors (Lipinski definition) is 2. The normalized spacial score (nSPS) is 15.9. The summed E-state index contributed by atoms with van der Waals surface area (Å²) in [5, 5.41) is 2.99. The van der Waals surface area contributed by atoms with Crippen LogP contribution in [0.2, 0.25) is 0 Å². The molecule has 0 aliphatic heterocycles. The van der Waals surface area contributed by atoms with E-state index in [4.69, 9.17) is 10.5 Å². The van der Waals surface area contributed by atoms with Gasteiger partial charge in [-0.15, -0.1) is 0 Å². The van der Waals surface area contributed by atoms with E-state index >= 15 is 0 Å². The first kappa shape index (κ1) is 16.2. The Kier molecular flexibility index (Phi) is 4.38. The Morgan fingerprint density at radius 2 is 1.92 bits per heavy atom. The average molecular weight is 331 g/mol. The van der Waals surface area contributed by atoms with Crippen LogP contribution in [0.1, 0.15) is 18.4 Å². The highest BCUT2D eigenvalue weighted by atomic mass is 19.1. The fraction of sp³-hybridized carbons (Fsp3) is 0.278. The maximum Gasteiger partial charge on any atom is 0.193 e. The van der Waals surface area contributed by atoms with Crippen LogP contribution in [-0.4, -0.2) is 19.6 Å². The molecular weight excluding hydrogens is 312 g/mol. The van der Waals surface area contributed by atoms with Crippen molar-refractivity contribution >= 4 is 11.6 Å². The largest absolute Gasteiger partial charge is 0.497 e. The van der Waals surface area contributed by atoms with Gasteiger partial charge in [0.2, 0.25) is 0 Å². The van der Waals surface area contributed by atoms with E-state index in [-0.39, 0.29) is 11.4 Å². The van der Waals surface area contributed by atoms with Crippen LogP contribution in [-0.2, 0) is 5.41 Å². The zero-order valence-corrected chi connectivity index (χ0v) is 13.4. The molecule has 0 spiro atoms. The smallest absolute Gasteiger partial charge is 0.193 e. The first-order valence-corrected chi connectivity index (χ1v) is 7.69. The number of rotatable bonds is 5. The van der Waals surface area contributed by atoms with Crippen LogP contribution in [0, 0.1) is 11.6 Å². The van der Waals surface area contributed by atoms with Crippen molar-refractivity contribution in [3.05, 3.63) is 59.7 Å². The number of nitrogens with one attached hydrogen (secondary N) is 1. The molecule has 0 aromatic heterocycles. The third kappa shape index (κ3) is 3.48. The molecule has 0 bridgehead atoms. The van der Waals surface area contributed by atoms with Crippen molar-refractivity contribution in [2.24, 2.45) is 10.7 Å². The van der Waals surface area contributed by atoms with Gasteiger partial charge in [0, 0.05) is 17.2 Å². The lowest BCUT2D eigenvalue weighted by molar-refractivity contribution is 0.415. The van der Waals surface area contributed by atoms with Crippen molar-refractivity contribution in [2.45, 2.75) is 18.3 Å². The second kappa shape index (κ2) is 6.47. The van der Waals surface area contributed by atoms with Crippen molar-refractivity contribution in [3.63, 3.8) is 0 Å². The number of guanidine groups is 1. The van der Waals surface area contributed by atoms with Gasteiger partial charge in [-0.3, -0.25) is 4.99 Å². The highest BCUT2D eigenvalue weighted by Gasteiger charge is 2.46. The fourth-order valence-corrected chi connectivity index (χ4v) is 2.68. The lowest BCUT2D eigenvalue weighted by Gasteiger charge is -2.15. The Morgan fingerprint density at radius 3 is 2.50 bits per heavy atom. The SMILES string of the molecule is COc1ccc(NC(N)=NCC2(c3ccc(F)cc3F)CC2)cc1. The predicted molar refractivity (Wildman–Crippen MR) is 90.4 cm³/mol. The summed E-state index contributed by atoms with van der Waals surface area (Å²) >= 11 is 0. The van der Waals surface area contributed by atoms with Gasteiger partial charge in [0.25, 0.3) is 0 Å². The van der Waals surface area contributed by atoms with Crippen LogP contribution in [0.15, 0.2) is 47.5 Å². The second-order valence-corrected chi connectivity index (χ2v) is 5.96. The molecule has 1 aliphatic carbocycles. The fourth-order valence-electron chi connectivity index (χ4n) is 2.68. The molecule has 0 amide bonds. The lowest BCUT2D eigenvalue weighted by atomic mass is 9.95. The van der Waals surface area contributed by atoms with Crippen LogP contribution in [0.3, 0.4) is 0 Å². The number of methoxy groups -OCH3 is 1. The number of benzene rings is 2. The van der Waals surface area contributed by atoms with Crippen LogP contribution in [0.25, 0.3) is 0 Å². The van der Waals surface area contributed by atoms with E-state index in [1.54, 1.807) is 7.11 Å². The van der Waals surface area contributed by atoms with E-state index in [2.05, 4.69) is 10.3 Å². The Bertz CT molecular complexity index is 755. The molecule has 0 heterocycles. The molecule has 2 aromatic rings. The van der Waals surface area contributed by atoms with E-state index in [0.29, 0.717) is 12.1 Å². The molecule has 0 unspecified atom stereocenters. The number of nitrogens with two attached hydrogens (primary N) is 1. The summed E-state index contributed by atoms with van der Waals surface area (Å²) in [5.41, 5.74) is 6.83. The first-order valence-electron chi connectivity index (χ1n) is 7.69. The Balaban J connectivity index is 1.67. The molecule has 3 N–H and O–H groups in total. The van der Waals surface area contributed by atoms with E-state index in [1.807, 2.05) is 24.3 Å². The summed E-state index contributed by atoms with van der Waals surface area (Å²) in [6, 6.07) is 11.0. The minimum atomic E-state index is -0.573. The lowest BCUT2D eigenvalue weighted by Crippen LogP contribution is -2.25. The van der Waals surface area contributed by atoms with Crippen LogP contribution >= 0.6 is 0 Å². The first-order chi connectivity index (χ1) is 11.5. The minimum absolute atomic E-state index is 0.258. The maximum atomic E-state index is 14.0. The molecule has 6 heteroatoms. The van der Waals surface area contributed by atoms with Crippen molar-refractivity contribution in [2.75, 3.05) is 19.0 Å². The average Bonchev–Trinajstić information content (AvgIpc) is 3.34. The Hall–Kier alpha value is -2.63. The highest BCUT2D eigenvalue weighted by Crippen LogP contribution is 2.49. The standard InChI is InChI=1S/C18H19F2N3O/c1-24-14-5-3-13(4-6-14)23-17(21)22-11-18(8-9-18)15-7-2-12(19)10-16(15)20/h2-7,10H,8-9,11H2,1H3,(H3,21,22,23). The molecule has 4 nitrogen and oxygen atoms in total. The van der Waals surface area contributed by atoms with Crippen LogP contribution < -0.4 is 15.8 Å². The van der Waals surface area contributed by atoms with Crippen molar-refractivity contribution in [1.29, 1.82) is 0 Å². The Morgan fingerprint density at radius 1 is 1.21 bits per heavy atom. The van der Waals surface area contributed by atoms with E-state index < -0.39 is 11.6 Å². The number of ether oxygens (including phenoxy) is 1. The number of halogens is 2. The third-order valence-electron chi connectivity index (χ3n) is 4.27. The molecule has 1 saturated carbocycles. The third-order valence-corrected chi connectivity index (χ3v) is 4.27. The van der Waals surface area contributed by atoms with E-state index in [1.165, 1.54) is 12.1 Å². The van der Waals surface area contributed by atoms with Gasteiger partial charge in [-0.2, -0.15) is 0 Å². The molecule has 1 fully saturated rings. The van der Waals surface area contributed by atoms with Crippen molar-refractivity contribution in [1.82, 2.24) is 0 Å². The summed E-state index contributed by atoms with van der Waals surface area (Å²) in [4.78, 5) is 4.33. The minimum Gasteiger partial charge on any atom is -0.497 e. The van der Waals surface area contributed by atoms with Gasteiger partial charge in [0.1, 0.15) is 17.4 Å². The number of anilines is 1. The topological polar surface area (TPSA) is 59.6 Å².